The summed E-state index contributed by atoms with van der Waals surface area (Å²) in [4.78, 5) is 1.30. The molecule has 0 unspecified atom stereocenters. The van der Waals surface area contributed by atoms with Crippen molar-refractivity contribution in [3.63, 3.8) is 0 Å². The second-order valence-electron chi connectivity index (χ2n) is 4.52. The van der Waals surface area contributed by atoms with Gasteiger partial charge in [0.15, 0.2) is 0 Å². The molecule has 0 spiro atoms. The topological polar surface area (TPSA) is 12.0 Å². The van der Waals surface area contributed by atoms with Gasteiger partial charge < -0.3 is 5.32 Å². The number of aryl methyl sites for hydroxylation is 2. The molecule has 3 heteroatoms. The van der Waals surface area contributed by atoms with Crippen LogP contribution in [-0.2, 0) is 0 Å². The van der Waals surface area contributed by atoms with Gasteiger partial charge in [0.05, 0.1) is 5.69 Å². The fourth-order valence-corrected chi connectivity index (χ4v) is 2.80. The number of halogens is 1. The fraction of sp³-hybridized carbons (Fsp3) is 0.250. The van der Waals surface area contributed by atoms with E-state index in [0.717, 1.165) is 12.3 Å². The first-order chi connectivity index (χ1) is 9.16. The Morgan fingerprint density at radius 1 is 1.11 bits per heavy atom. The number of thioether (sulfide) groups is 1. The van der Waals surface area contributed by atoms with Gasteiger partial charge in [-0.15, -0.1) is 11.8 Å². The maximum Gasteiger partial charge on any atom is 0.146 e. The fourth-order valence-electron chi connectivity index (χ4n) is 1.81. The second-order valence-corrected chi connectivity index (χ2v) is 5.66. The van der Waals surface area contributed by atoms with Gasteiger partial charge in [-0.2, -0.15) is 0 Å². The molecule has 0 saturated heterocycles. The van der Waals surface area contributed by atoms with Crippen LogP contribution in [0.25, 0.3) is 0 Å². The van der Waals surface area contributed by atoms with E-state index in [4.69, 9.17) is 0 Å². The lowest BCUT2D eigenvalue weighted by Gasteiger charge is -2.09. The van der Waals surface area contributed by atoms with Crippen LogP contribution in [0.15, 0.2) is 47.4 Å². The normalized spacial score (nSPS) is 10.5. The number of benzene rings is 2. The lowest BCUT2D eigenvalue weighted by Crippen LogP contribution is -2.05. The van der Waals surface area contributed by atoms with Crippen LogP contribution < -0.4 is 5.32 Å². The van der Waals surface area contributed by atoms with Gasteiger partial charge in [0, 0.05) is 17.2 Å². The molecule has 2 rings (SSSR count). The van der Waals surface area contributed by atoms with E-state index in [2.05, 4.69) is 37.4 Å². The summed E-state index contributed by atoms with van der Waals surface area (Å²) in [5, 5.41) is 3.12. The smallest absolute Gasteiger partial charge is 0.146 e. The zero-order chi connectivity index (χ0) is 13.7. The molecule has 0 amide bonds. The minimum atomic E-state index is -0.195. The van der Waals surface area contributed by atoms with Crippen molar-refractivity contribution in [2.24, 2.45) is 0 Å². The van der Waals surface area contributed by atoms with Gasteiger partial charge in [-0.3, -0.25) is 0 Å². The number of rotatable bonds is 5. The molecule has 1 nitrogen and oxygen atoms in total. The van der Waals surface area contributed by atoms with E-state index in [-0.39, 0.29) is 5.82 Å². The van der Waals surface area contributed by atoms with Gasteiger partial charge in [0.25, 0.3) is 0 Å². The Hall–Kier alpha value is -1.48. The zero-order valence-corrected chi connectivity index (χ0v) is 12.1. The van der Waals surface area contributed by atoms with Gasteiger partial charge >= 0.3 is 0 Å². The zero-order valence-electron chi connectivity index (χ0n) is 11.2. The van der Waals surface area contributed by atoms with Crippen molar-refractivity contribution in [3.8, 4) is 0 Å². The average molecular weight is 275 g/mol. The van der Waals surface area contributed by atoms with Crippen LogP contribution in [0, 0.1) is 19.7 Å². The minimum absolute atomic E-state index is 0.195. The molecule has 0 bridgehead atoms. The molecule has 100 valence electrons. The van der Waals surface area contributed by atoms with E-state index in [0.29, 0.717) is 5.69 Å². The molecule has 0 aromatic heterocycles. The standard InChI is InChI=1S/C16H18FNS/c1-12-7-8-13(2)16(11-12)19-10-9-18-15-6-4-3-5-14(15)17/h3-8,11,18H,9-10H2,1-2H3. The molecular formula is C16H18FNS. The Morgan fingerprint density at radius 2 is 1.89 bits per heavy atom. The summed E-state index contributed by atoms with van der Waals surface area (Å²) in [5.41, 5.74) is 3.14. The van der Waals surface area contributed by atoms with E-state index in [9.17, 15) is 4.39 Å². The molecule has 0 radical (unpaired) electrons. The summed E-state index contributed by atoms with van der Waals surface area (Å²) < 4.78 is 13.4. The number of hydrogen-bond acceptors (Lipinski definition) is 2. The molecule has 2 aromatic rings. The summed E-state index contributed by atoms with van der Waals surface area (Å²) in [6.45, 7) is 4.96. The summed E-state index contributed by atoms with van der Waals surface area (Å²) >= 11 is 1.80. The highest BCUT2D eigenvalue weighted by atomic mass is 32.2. The largest absolute Gasteiger partial charge is 0.382 e. The number of anilines is 1. The number of para-hydroxylation sites is 1. The molecule has 2 aromatic carbocycles. The summed E-state index contributed by atoms with van der Waals surface area (Å²) in [6.07, 6.45) is 0. The van der Waals surface area contributed by atoms with Crippen LogP contribution >= 0.6 is 11.8 Å². The Labute approximate surface area is 118 Å². The van der Waals surface area contributed by atoms with Crippen molar-refractivity contribution in [2.75, 3.05) is 17.6 Å². The van der Waals surface area contributed by atoms with Crippen molar-refractivity contribution in [2.45, 2.75) is 18.7 Å². The predicted octanol–water partition coefficient (Wildman–Crippen LogP) is 4.65. The first-order valence-corrected chi connectivity index (χ1v) is 7.34. The third-order valence-corrected chi connectivity index (χ3v) is 4.05. The second kappa shape index (κ2) is 6.62. The van der Waals surface area contributed by atoms with Crippen molar-refractivity contribution < 1.29 is 4.39 Å². The van der Waals surface area contributed by atoms with Gasteiger partial charge in [0.1, 0.15) is 5.82 Å². The quantitative estimate of drug-likeness (QED) is 0.630. The van der Waals surface area contributed by atoms with Crippen LogP contribution in [-0.4, -0.2) is 12.3 Å². The van der Waals surface area contributed by atoms with Crippen LogP contribution in [0.3, 0.4) is 0 Å². The first kappa shape index (κ1) is 13.9. The van der Waals surface area contributed by atoms with Crippen molar-refractivity contribution in [1.82, 2.24) is 0 Å². The molecule has 19 heavy (non-hydrogen) atoms. The number of nitrogens with one attached hydrogen (secondary N) is 1. The maximum atomic E-state index is 13.4. The van der Waals surface area contributed by atoms with Gasteiger partial charge in [-0.1, -0.05) is 29.8 Å². The van der Waals surface area contributed by atoms with E-state index in [1.807, 2.05) is 6.07 Å². The van der Waals surface area contributed by atoms with Gasteiger partial charge in [-0.05, 0) is 37.6 Å². The van der Waals surface area contributed by atoms with E-state index >= 15 is 0 Å². The predicted molar refractivity (Wildman–Crippen MR) is 81.5 cm³/mol. The highest BCUT2D eigenvalue weighted by Gasteiger charge is 2.01. The van der Waals surface area contributed by atoms with E-state index < -0.39 is 0 Å². The summed E-state index contributed by atoms with van der Waals surface area (Å²) in [6, 6.07) is 13.2. The summed E-state index contributed by atoms with van der Waals surface area (Å²) in [7, 11) is 0. The third-order valence-electron chi connectivity index (χ3n) is 2.89. The van der Waals surface area contributed by atoms with E-state index in [1.54, 1.807) is 23.9 Å². The Bertz CT molecular complexity index is 554. The maximum absolute atomic E-state index is 13.4. The molecule has 1 N–H and O–H groups in total. The van der Waals surface area contributed by atoms with Crippen molar-refractivity contribution in [1.29, 1.82) is 0 Å². The highest BCUT2D eigenvalue weighted by Crippen LogP contribution is 2.23. The van der Waals surface area contributed by atoms with E-state index in [1.165, 1.54) is 22.1 Å². The molecule has 0 aliphatic heterocycles. The Kier molecular flexibility index (Phi) is 4.86. The molecular weight excluding hydrogens is 257 g/mol. The minimum Gasteiger partial charge on any atom is -0.382 e. The highest BCUT2D eigenvalue weighted by molar-refractivity contribution is 7.99. The average Bonchev–Trinajstić information content (AvgIpc) is 2.40. The molecule has 0 aliphatic carbocycles. The van der Waals surface area contributed by atoms with Gasteiger partial charge in [0.2, 0.25) is 0 Å². The summed E-state index contributed by atoms with van der Waals surface area (Å²) in [5.74, 6) is 0.720. The lowest BCUT2D eigenvalue weighted by atomic mass is 10.2. The van der Waals surface area contributed by atoms with Crippen LogP contribution in [0.2, 0.25) is 0 Å². The Balaban J connectivity index is 1.84. The number of hydrogen-bond donors (Lipinski definition) is 1. The lowest BCUT2D eigenvalue weighted by molar-refractivity contribution is 0.630. The van der Waals surface area contributed by atoms with Crippen LogP contribution in [0.5, 0.6) is 0 Å². The SMILES string of the molecule is Cc1ccc(C)c(SCCNc2ccccc2F)c1. The first-order valence-electron chi connectivity index (χ1n) is 6.35. The molecule has 0 saturated carbocycles. The third kappa shape index (κ3) is 4.00. The van der Waals surface area contributed by atoms with Crippen molar-refractivity contribution in [3.05, 3.63) is 59.4 Å². The monoisotopic (exact) mass is 275 g/mol. The van der Waals surface area contributed by atoms with Crippen molar-refractivity contribution >= 4 is 17.4 Å². The van der Waals surface area contributed by atoms with Gasteiger partial charge in [-0.25, -0.2) is 4.39 Å². The molecule has 0 heterocycles. The molecule has 0 atom stereocenters. The van der Waals surface area contributed by atoms with Crippen LogP contribution in [0.1, 0.15) is 11.1 Å². The Morgan fingerprint density at radius 3 is 2.68 bits per heavy atom. The molecule has 0 fully saturated rings. The molecule has 0 aliphatic rings. The van der Waals surface area contributed by atoms with Crippen LogP contribution in [0.4, 0.5) is 10.1 Å².